The topological polar surface area (TPSA) is 33.5 Å². The van der Waals surface area contributed by atoms with E-state index in [1.165, 1.54) is 21.6 Å². The summed E-state index contributed by atoms with van der Waals surface area (Å²) >= 11 is 0. The van der Waals surface area contributed by atoms with Crippen LogP contribution in [0.2, 0.25) is 0 Å². The third-order valence-electron chi connectivity index (χ3n) is 4.83. The minimum absolute atomic E-state index is 0.171. The first-order chi connectivity index (χ1) is 11.7. The Hall–Kier alpha value is -2.13. The molecule has 3 heteroatoms. The van der Waals surface area contributed by atoms with E-state index in [9.17, 15) is 4.79 Å². The summed E-state index contributed by atoms with van der Waals surface area (Å²) in [6, 6.07) is 19.3. The molecule has 1 unspecified atom stereocenters. The lowest BCUT2D eigenvalue weighted by molar-refractivity contribution is -0.908. The molecule has 1 aliphatic heterocycles. The van der Waals surface area contributed by atoms with Crippen LogP contribution in [0.3, 0.4) is 0 Å². The standard InChI is InChI=1S/C21H26N2O/c1-17(11-12-18-7-3-2-4-8-18)22-21(24)16-23-14-13-19-9-5-6-10-20(19)15-23/h2-10,17H,11-16H2,1H3,(H,22,24)/p+1/t17-/m1/s1. The van der Waals surface area contributed by atoms with Gasteiger partial charge in [0, 0.05) is 18.0 Å². The summed E-state index contributed by atoms with van der Waals surface area (Å²) in [5.74, 6) is 0.171. The smallest absolute Gasteiger partial charge is 0.275 e. The number of amides is 1. The van der Waals surface area contributed by atoms with Crippen LogP contribution in [0.4, 0.5) is 0 Å². The van der Waals surface area contributed by atoms with E-state index in [1.54, 1.807) is 0 Å². The molecule has 2 atom stereocenters. The van der Waals surface area contributed by atoms with E-state index >= 15 is 0 Å². The van der Waals surface area contributed by atoms with Crippen LogP contribution in [-0.4, -0.2) is 25.0 Å². The van der Waals surface area contributed by atoms with E-state index in [-0.39, 0.29) is 11.9 Å². The van der Waals surface area contributed by atoms with Gasteiger partial charge in [-0.3, -0.25) is 4.79 Å². The molecule has 2 aromatic rings. The summed E-state index contributed by atoms with van der Waals surface area (Å²) in [6.45, 7) is 4.68. The van der Waals surface area contributed by atoms with Gasteiger partial charge >= 0.3 is 0 Å². The lowest BCUT2D eigenvalue weighted by Gasteiger charge is -2.26. The monoisotopic (exact) mass is 323 g/mol. The molecule has 3 nitrogen and oxygen atoms in total. The van der Waals surface area contributed by atoms with Crippen molar-refractivity contribution in [2.45, 2.75) is 38.8 Å². The molecule has 1 amide bonds. The van der Waals surface area contributed by atoms with Gasteiger partial charge in [0.25, 0.3) is 5.91 Å². The molecule has 3 rings (SSSR count). The van der Waals surface area contributed by atoms with Gasteiger partial charge in [-0.05, 0) is 30.9 Å². The molecular weight excluding hydrogens is 296 g/mol. The highest BCUT2D eigenvalue weighted by molar-refractivity contribution is 5.77. The van der Waals surface area contributed by atoms with Crippen LogP contribution in [0.25, 0.3) is 0 Å². The number of carbonyl (C=O) groups is 1. The Morgan fingerprint density at radius 1 is 1.08 bits per heavy atom. The minimum Gasteiger partial charge on any atom is -0.349 e. The second kappa shape index (κ2) is 8.11. The maximum absolute atomic E-state index is 12.3. The Morgan fingerprint density at radius 3 is 2.58 bits per heavy atom. The average molecular weight is 323 g/mol. The molecule has 1 aliphatic rings. The summed E-state index contributed by atoms with van der Waals surface area (Å²) in [5, 5.41) is 3.16. The van der Waals surface area contributed by atoms with Gasteiger partial charge in [-0.2, -0.15) is 0 Å². The number of carbonyl (C=O) groups excluding carboxylic acids is 1. The molecule has 0 fully saturated rings. The van der Waals surface area contributed by atoms with Crippen LogP contribution >= 0.6 is 0 Å². The van der Waals surface area contributed by atoms with Crippen molar-refractivity contribution in [2.24, 2.45) is 0 Å². The zero-order valence-corrected chi connectivity index (χ0v) is 14.4. The van der Waals surface area contributed by atoms with E-state index < -0.39 is 0 Å². The molecule has 1 heterocycles. The van der Waals surface area contributed by atoms with Gasteiger partial charge in [-0.25, -0.2) is 0 Å². The molecule has 24 heavy (non-hydrogen) atoms. The fourth-order valence-electron chi connectivity index (χ4n) is 3.45. The number of aryl methyl sites for hydroxylation is 1. The van der Waals surface area contributed by atoms with Crippen LogP contribution < -0.4 is 10.2 Å². The van der Waals surface area contributed by atoms with Crippen molar-refractivity contribution in [1.29, 1.82) is 0 Å². The molecule has 0 saturated carbocycles. The average Bonchev–Trinajstić information content (AvgIpc) is 2.60. The summed E-state index contributed by atoms with van der Waals surface area (Å²) in [7, 11) is 0. The zero-order valence-electron chi connectivity index (χ0n) is 14.4. The van der Waals surface area contributed by atoms with E-state index in [0.717, 1.165) is 32.4 Å². The number of hydrogen-bond donors (Lipinski definition) is 2. The number of nitrogens with one attached hydrogen (secondary N) is 2. The summed E-state index contributed by atoms with van der Waals surface area (Å²) < 4.78 is 0. The number of rotatable bonds is 6. The van der Waals surface area contributed by atoms with Crippen LogP contribution in [-0.2, 0) is 24.2 Å². The Labute approximate surface area is 144 Å². The van der Waals surface area contributed by atoms with Crippen LogP contribution in [0, 0.1) is 0 Å². The van der Waals surface area contributed by atoms with Gasteiger partial charge in [-0.1, -0.05) is 54.6 Å². The second-order valence-electron chi connectivity index (χ2n) is 6.87. The molecule has 126 valence electrons. The van der Waals surface area contributed by atoms with Crippen LogP contribution in [0.5, 0.6) is 0 Å². The van der Waals surface area contributed by atoms with Crippen molar-refractivity contribution in [1.82, 2.24) is 5.32 Å². The van der Waals surface area contributed by atoms with Gasteiger partial charge in [0.05, 0.1) is 6.54 Å². The Morgan fingerprint density at radius 2 is 1.79 bits per heavy atom. The quantitative estimate of drug-likeness (QED) is 0.834. The van der Waals surface area contributed by atoms with Gasteiger partial charge in [-0.15, -0.1) is 0 Å². The Balaban J connectivity index is 1.42. The molecule has 2 aromatic carbocycles. The fraction of sp³-hybridized carbons (Fsp3) is 0.381. The van der Waals surface area contributed by atoms with Gasteiger partial charge in [0.1, 0.15) is 6.54 Å². The molecule has 2 N–H and O–H groups in total. The molecule has 0 aromatic heterocycles. The van der Waals surface area contributed by atoms with Crippen molar-refractivity contribution < 1.29 is 9.69 Å². The molecule has 0 aliphatic carbocycles. The molecule has 0 saturated heterocycles. The summed E-state index contributed by atoms with van der Waals surface area (Å²) in [4.78, 5) is 13.7. The highest BCUT2D eigenvalue weighted by Gasteiger charge is 2.21. The second-order valence-corrected chi connectivity index (χ2v) is 6.87. The third-order valence-corrected chi connectivity index (χ3v) is 4.83. The van der Waals surface area contributed by atoms with Crippen molar-refractivity contribution >= 4 is 5.91 Å². The Kier molecular flexibility index (Phi) is 5.65. The largest absolute Gasteiger partial charge is 0.349 e. The lowest BCUT2D eigenvalue weighted by Crippen LogP contribution is -3.13. The predicted molar refractivity (Wildman–Crippen MR) is 96.9 cm³/mol. The maximum Gasteiger partial charge on any atom is 0.275 e. The highest BCUT2D eigenvalue weighted by Crippen LogP contribution is 2.10. The highest BCUT2D eigenvalue weighted by atomic mass is 16.2. The summed E-state index contributed by atoms with van der Waals surface area (Å²) in [6.07, 6.45) is 3.06. The van der Waals surface area contributed by atoms with E-state index in [4.69, 9.17) is 0 Å². The van der Waals surface area contributed by atoms with Crippen molar-refractivity contribution in [3.63, 3.8) is 0 Å². The summed E-state index contributed by atoms with van der Waals surface area (Å²) in [5.41, 5.74) is 4.17. The van der Waals surface area contributed by atoms with E-state index in [1.807, 2.05) is 6.07 Å². The molecule has 0 bridgehead atoms. The molecule has 0 spiro atoms. The van der Waals surface area contributed by atoms with Gasteiger partial charge in [0.15, 0.2) is 6.54 Å². The van der Waals surface area contributed by atoms with Crippen molar-refractivity contribution in [3.8, 4) is 0 Å². The number of hydrogen-bond acceptors (Lipinski definition) is 1. The zero-order chi connectivity index (χ0) is 16.8. The van der Waals surface area contributed by atoms with E-state index in [0.29, 0.717) is 6.54 Å². The number of fused-ring (bicyclic) bond motifs is 1. The SMILES string of the molecule is C[C@H](CCc1ccccc1)NC(=O)C[NH+]1CCc2ccccc2C1. The van der Waals surface area contributed by atoms with Crippen molar-refractivity contribution in [3.05, 3.63) is 71.3 Å². The fourth-order valence-corrected chi connectivity index (χ4v) is 3.45. The van der Waals surface area contributed by atoms with Crippen LogP contribution in [0.15, 0.2) is 54.6 Å². The van der Waals surface area contributed by atoms with Crippen LogP contribution in [0.1, 0.15) is 30.0 Å². The van der Waals surface area contributed by atoms with Gasteiger partial charge < -0.3 is 10.2 Å². The predicted octanol–water partition coefficient (Wildman–Crippen LogP) is 1.77. The lowest BCUT2D eigenvalue weighted by atomic mass is 10.00. The minimum atomic E-state index is 0.171. The first kappa shape index (κ1) is 16.7. The van der Waals surface area contributed by atoms with E-state index in [2.05, 4.69) is 60.8 Å². The number of quaternary nitrogens is 1. The van der Waals surface area contributed by atoms with Gasteiger partial charge in [0.2, 0.25) is 0 Å². The third kappa shape index (κ3) is 4.68. The first-order valence-corrected chi connectivity index (χ1v) is 8.94. The maximum atomic E-state index is 12.3. The molecular formula is C21H27N2O+. The molecule has 0 radical (unpaired) electrons. The number of benzene rings is 2. The normalized spacial score (nSPS) is 17.8. The first-order valence-electron chi connectivity index (χ1n) is 8.94. The Bertz CT molecular complexity index is 669. The van der Waals surface area contributed by atoms with Crippen molar-refractivity contribution in [2.75, 3.05) is 13.1 Å².